The van der Waals surface area contributed by atoms with Crippen LogP contribution in [0.1, 0.15) is 5.56 Å². The van der Waals surface area contributed by atoms with Crippen LogP contribution < -0.4 is 10.1 Å². The van der Waals surface area contributed by atoms with Crippen LogP contribution >= 0.6 is 0 Å². The van der Waals surface area contributed by atoms with E-state index in [-0.39, 0.29) is 29.4 Å². The van der Waals surface area contributed by atoms with E-state index < -0.39 is 4.92 Å². The lowest BCUT2D eigenvalue weighted by atomic mass is 10.1. The van der Waals surface area contributed by atoms with Crippen molar-refractivity contribution in [2.24, 2.45) is 0 Å². The molecule has 0 bridgehead atoms. The molecule has 0 radical (unpaired) electrons. The number of benzene rings is 2. The molecule has 21 heavy (non-hydrogen) atoms. The Bertz CT molecular complexity index is 672. The number of nitro groups is 1. The van der Waals surface area contributed by atoms with Gasteiger partial charge in [0.05, 0.1) is 18.1 Å². The molecule has 0 fully saturated rings. The zero-order valence-corrected chi connectivity index (χ0v) is 11.2. The van der Waals surface area contributed by atoms with Gasteiger partial charge < -0.3 is 20.3 Å². The van der Waals surface area contributed by atoms with E-state index in [0.29, 0.717) is 11.3 Å². The summed E-state index contributed by atoms with van der Waals surface area (Å²) in [5.41, 5.74) is 0.592. The van der Waals surface area contributed by atoms with Gasteiger partial charge in [0.15, 0.2) is 0 Å². The molecule has 0 spiro atoms. The van der Waals surface area contributed by atoms with Crippen LogP contribution in [0.2, 0.25) is 0 Å². The predicted molar refractivity (Wildman–Crippen MR) is 76.7 cm³/mol. The van der Waals surface area contributed by atoms with Gasteiger partial charge in [-0.25, -0.2) is 0 Å². The number of nitro benzene ring substituents is 1. The van der Waals surface area contributed by atoms with Crippen molar-refractivity contribution in [1.82, 2.24) is 0 Å². The lowest BCUT2D eigenvalue weighted by Crippen LogP contribution is -2.03. The summed E-state index contributed by atoms with van der Waals surface area (Å²) in [6, 6.07) is 8.63. The molecule has 0 aliphatic heterocycles. The second-order valence-electron chi connectivity index (χ2n) is 4.31. The number of aromatic hydroxyl groups is 2. The monoisotopic (exact) mass is 290 g/mol. The van der Waals surface area contributed by atoms with Gasteiger partial charge in [0.25, 0.3) is 5.69 Å². The van der Waals surface area contributed by atoms with Crippen molar-refractivity contribution >= 4 is 11.4 Å². The van der Waals surface area contributed by atoms with Gasteiger partial charge in [0.2, 0.25) is 0 Å². The third-order valence-electron chi connectivity index (χ3n) is 2.94. The summed E-state index contributed by atoms with van der Waals surface area (Å²) in [5.74, 6) is 0.370. The molecule has 0 aromatic heterocycles. The molecule has 0 aliphatic rings. The minimum absolute atomic E-state index is 0.0308. The van der Waals surface area contributed by atoms with Crippen molar-refractivity contribution in [1.29, 1.82) is 0 Å². The molecule has 0 amide bonds. The number of phenolic OH excluding ortho intramolecular Hbond substituents is 2. The van der Waals surface area contributed by atoms with E-state index in [0.717, 1.165) is 6.07 Å². The number of rotatable bonds is 5. The van der Waals surface area contributed by atoms with E-state index >= 15 is 0 Å². The maximum Gasteiger partial charge on any atom is 0.296 e. The number of hydrogen-bond donors (Lipinski definition) is 3. The number of anilines is 1. The Morgan fingerprint density at radius 3 is 2.62 bits per heavy atom. The first-order chi connectivity index (χ1) is 10.0. The van der Waals surface area contributed by atoms with Gasteiger partial charge in [-0.15, -0.1) is 0 Å². The smallest absolute Gasteiger partial charge is 0.296 e. The summed E-state index contributed by atoms with van der Waals surface area (Å²) in [7, 11) is 1.49. The molecule has 0 atom stereocenters. The zero-order chi connectivity index (χ0) is 15.4. The summed E-state index contributed by atoms with van der Waals surface area (Å²) >= 11 is 0. The lowest BCUT2D eigenvalue weighted by Gasteiger charge is -2.10. The first kappa shape index (κ1) is 14.4. The highest BCUT2D eigenvalue weighted by Gasteiger charge is 2.14. The minimum atomic E-state index is -0.587. The van der Waals surface area contributed by atoms with E-state index in [4.69, 9.17) is 4.74 Å². The minimum Gasteiger partial charge on any atom is -0.508 e. The average molecular weight is 290 g/mol. The Morgan fingerprint density at radius 2 is 2.00 bits per heavy atom. The molecular weight excluding hydrogens is 276 g/mol. The van der Waals surface area contributed by atoms with Crippen LogP contribution in [0.3, 0.4) is 0 Å². The molecule has 2 aromatic rings. The van der Waals surface area contributed by atoms with Gasteiger partial charge in [-0.2, -0.15) is 0 Å². The molecular formula is C14H14N2O5. The van der Waals surface area contributed by atoms with Gasteiger partial charge in [-0.1, -0.05) is 0 Å². The van der Waals surface area contributed by atoms with Crippen molar-refractivity contribution in [3.8, 4) is 17.2 Å². The van der Waals surface area contributed by atoms with Crippen LogP contribution in [0, 0.1) is 10.1 Å². The fourth-order valence-corrected chi connectivity index (χ4v) is 1.83. The summed E-state index contributed by atoms with van der Waals surface area (Å²) < 4.78 is 4.98. The fraction of sp³-hybridized carbons (Fsp3) is 0.143. The summed E-state index contributed by atoms with van der Waals surface area (Å²) in [5, 5.41) is 32.9. The Kier molecular flexibility index (Phi) is 4.13. The molecule has 0 saturated heterocycles. The second-order valence-corrected chi connectivity index (χ2v) is 4.31. The molecule has 0 unspecified atom stereocenters. The van der Waals surface area contributed by atoms with E-state index in [1.54, 1.807) is 12.1 Å². The maximum absolute atomic E-state index is 10.9. The number of phenols is 2. The Balaban J connectivity index is 2.18. The predicted octanol–water partition coefficient (Wildman–Crippen LogP) is 2.63. The summed E-state index contributed by atoms with van der Waals surface area (Å²) in [4.78, 5) is 10.3. The molecule has 0 saturated carbocycles. The highest BCUT2D eigenvalue weighted by atomic mass is 16.6. The first-order valence-electron chi connectivity index (χ1n) is 6.08. The summed E-state index contributed by atoms with van der Waals surface area (Å²) in [6.45, 7) is 0.196. The Morgan fingerprint density at radius 1 is 1.24 bits per heavy atom. The van der Waals surface area contributed by atoms with E-state index in [1.165, 1.54) is 25.3 Å². The van der Waals surface area contributed by atoms with Gasteiger partial charge in [-0.3, -0.25) is 10.1 Å². The molecule has 2 rings (SSSR count). The number of nitrogens with zero attached hydrogens (tertiary/aromatic N) is 1. The molecule has 7 heteroatoms. The van der Waals surface area contributed by atoms with Crippen molar-refractivity contribution in [3.63, 3.8) is 0 Å². The van der Waals surface area contributed by atoms with E-state index in [2.05, 4.69) is 5.32 Å². The third-order valence-corrected chi connectivity index (χ3v) is 2.94. The number of methoxy groups -OCH3 is 1. The SMILES string of the molecule is COc1ccc(CNc2ccc(O)cc2[N+](=O)[O-])c(O)c1. The highest BCUT2D eigenvalue weighted by Crippen LogP contribution is 2.30. The van der Waals surface area contributed by atoms with Crippen LogP contribution in [0.15, 0.2) is 36.4 Å². The van der Waals surface area contributed by atoms with Crippen LogP contribution in [-0.2, 0) is 6.54 Å². The van der Waals surface area contributed by atoms with Crippen LogP contribution in [0.25, 0.3) is 0 Å². The summed E-state index contributed by atoms with van der Waals surface area (Å²) in [6.07, 6.45) is 0. The Labute approximate surface area is 120 Å². The molecule has 0 aliphatic carbocycles. The van der Waals surface area contributed by atoms with Crippen LogP contribution in [0.4, 0.5) is 11.4 Å². The second kappa shape index (κ2) is 6.00. The fourth-order valence-electron chi connectivity index (χ4n) is 1.83. The van der Waals surface area contributed by atoms with E-state index in [9.17, 15) is 20.3 Å². The van der Waals surface area contributed by atoms with Crippen molar-refractivity contribution in [3.05, 3.63) is 52.1 Å². The van der Waals surface area contributed by atoms with Gasteiger partial charge in [0, 0.05) is 18.2 Å². The maximum atomic E-state index is 10.9. The van der Waals surface area contributed by atoms with Crippen molar-refractivity contribution in [2.45, 2.75) is 6.54 Å². The quantitative estimate of drug-likeness (QED) is 0.444. The molecule has 3 N–H and O–H groups in total. The lowest BCUT2D eigenvalue weighted by molar-refractivity contribution is -0.384. The molecule has 110 valence electrons. The number of hydrogen-bond acceptors (Lipinski definition) is 6. The standard InChI is InChI=1S/C14H14N2O5/c1-21-11-4-2-9(14(18)7-11)8-15-12-5-3-10(17)6-13(12)16(19)20/h2-7,15,17-18H,8H2,1H3. The normalized spacial score (nSPS) is 10.1. The third kappa shape index (κ3) is 3.33. The first-order valence-corrected chi connectivity index (χ1v) is 6.08. The average Bonchev–Trinajstić information content (AvgIpc) is 2.46. The van der Waals surface area contributed by atoms with Gasteiger partial charge in [0.1, 0.15) is 22.9 Å². The van der Waals surface area contributed by atoms with Crippen molar-refractivity contribution in [2.75, 3.05) is 12.4 Å². The Hall–Kier alpha value is -2.96. The number of nitrogens with one attached hydrogen (secondary N) is 1. The van der Waals surface area contributed by atoms with Crippen LogP contribution in [-0.4, -0.2) is 22.2 Å². The zero-order valence-electron chi connectivity index (χ0n) is 11.2. The molecule has 0 heterocycles. The van der Waals surface area contributed by atoms with Gasteiger partial charge >= 0.3 is 0 Å². The van der Waals surface area contributed by atoms with Gasteiger partial charge in [-0.05, 0) is 24.3 Å². The topological polar surface area (TPSA) is 105 Å². The number of ether oxygens (including phenoxy) is 1. The van der Waals surface area contributed by atoms with Crippen molar-refractivity contribution < 1.29 is 19.9 Å². The largest absolute Gasteiger partial charge is 0.508 e. The van der Waals surface area contributed by atoms with E-state index in [1.807, 2.05) is 0 Å². The van der Waals surface area contributed by atoms with Crippen LogP contribution in [0.5, 0.6) is 17.2 Å². The molecule has 7 nitrogen and oxygen atoms in total. The molecule has 2 aromatic carbocycles. The highest BCUT2D eigenvalue weighted by molar-refractivity contribution is 5.64.